The molecule has 0 saturated carbocycles. The SMILES string of the molecule is Cc1ncc([N+](=O)[O-])n1CCOC(=O)CCC(=O)NC(=O)NO. The van der Waals surface area contributed by atoms with Crippen LogP contribution in [0.3, 0.4) is 0 Å². The average Bonchev–Trinajstić information content (AvgIpc) is 2.86. The number of aryl methyl sites for hydroxylation is 1. The molecule has 12 nitrogen and oxygen atoms in total. The molecule has 12 heteroatoms. The Kier molecular flexibility index (Phi) is 6.61. The van der Waals surface area contributed by atoms with Crippen molar-refractivity contribution in [2.45, 2.75) is 26.3 Å². The van der Waals surface area contributed by atoms with Crippen LogP contribution in [-0.4, -0.2) is 44.2 Å². The molecule has 0 aliphatic heterocycles. The summed E-state index contributed by atoms with van der Waals surface area (Å²) in [4.78, 5) is 47.2. The lowest BCUT2D eigenvalue weighted by Crippen LogP contribution is -2.37. The zero-order valence-corrected chi connectivity index (χ0v) is 12.1. The molecule has 3 N–H and O–H groups in total. The molecule has 0 saturated heterocycles. The maximum absolute atomic E-state index is 11.4. The highest BCUT2D eigenvalue weighted by Gasteiger charge is 2.17. The van der Waals surface area contributed by atoms with Gasteiger partial charge in [-0.15, -0.1) is 0 Å². The van der Waals surface area contributed by atoms with Gasteiger partial charge in [-0.3, -0.25) is 20.1 Å². The van der Waals surface area contributed by atoms with Crippen LogP contribution in [-0.2, 0) is 20.9 Å². The molecule has 0 bridgehead atoms. The number of imide groups is 1. The summed E-state index contributed by atoms with van der Waals surface area (Å²) in [5, 5.41) is 20.7. The van der Waals surface area contributed by atoms with Crippen LogP contribution in [0.15, 0.2) is 6.20 Å². The molecule has 1 heterocycles. The van der Waals surface area contributed by atoms with E-state index in [-0.39, 0.29) is 31.8 Å². The summed E-state index contributed by atoms with van der Waals surface area (Å²) in [6, 6.07) is -1.11. The number of nitro groups is 1. The number of aromatic nitrogens is 2. The van der Waals surface area contributed by atoms with Gasteiger partial charge in [-0.05, 0) is 4.92 Å². The van der Waals surface area contributed by atoms with Gasteiger partial charge in [-0.25, -0.2) is 19.8 Å². The molecule has 1 rings (SSSR count). The molecule has 0 unspecified atom stereocenters. The van der Waals surface area contributed by atoms with Crippen molar-refractivity contribution in [1.29, 1.82) is 0 Å². The Bertz CT molecular complexity index is 612. The number of esters is 1. The highest BCUT2D eigenvalue weighted by molar-refractivity contribution is 5.94. The van der Waals surface area contributed by atoms with Crippen molar-refractivity contribution < 1.29 is 29.3 Å². The van der Waals surface area contributed by atoms with E-state index >= 15 is 0 Å². The van der Waals surface area contributed by atoms with Crippen LogP contribution in [0.4, 0.5) is 10.6 Å². The molecule has 0 atom stereocenters. The predicted molar refractivity (Wildman–Crippen MR) is 72.3 cm³/mol. The summed E-state index contributed by atoms with van der Waals surface area (Å²) < 4.78 is 6.13. The standard InChI is InChI=1S/C11H15N5O7/c1-7-12-6-9(16(21)22)15(7)4-5-23-10(18)3-2-8(17)13-11(19)14-20/h6,20H,2-5H2,1H3,(H2,13,14,17,19). The Morgan fingerprint density at radius 3 is 2.74 bits per heavy atom. The molecule has 1 aromatic rings. The van der Waals surface area contributed by atoms with E-state index in [4.69, 9.17) is 9.94 Å². The van der Waals surface area contributed by atoms with Crippen molar-refractivity contribution in [2.75, 3.05) is 6.61 Å². The van der Waals surface area contributed by atoms with Gasteiger partial charge in [0, 0.05) is 13.3 Å². The third kappa shape index (κ3) is 5.70. The van der Waals surface area contributed by atoms with Crippen LogP contribution in [0.2, 0.25) is 0 Å². The van der Waals surface area contributed by atoms with Gasteiger partial charge in [-0.2, -0.15) is 0 Å². The van der Waals surface area contributed by atoms with Gasteiger partial charge < -0.3 is 14.9 Å². The van der Waals surface area contributed by atoms with Crippen molar-refractivity contribution in [3.8, 4) is 0 Å². The number of hydrogen-bond acceptors (Lipinski definition) is 8. The third-order valence-electron chi connectivity index (χ3n) is 2.71. The maximum atomic E-state index is 11.4. The number of carbonyl (C=O) groups is 3. The van der Waals surface area contributed by atoms with Gasteiger partial charge in [-0.1, -0.05) is 0 Å². The maximum Gasteiger partial charge on any atom is 0.345 e. The first-order valence-electron chi connectivity index (χ1n) is 6.41. The summed E-state index contributed by atoms with van der Waals surface area (Å²) >= 11 is 0. The molecule has 0 spiro atoms. The average molecular weight is 329 g/mol. The van der Waals surface area contributed by atoms with Crippen LogP contribution >= 0.6 is 0 Å². The number of nitrogens with zero attached hydrogens (tertiary/aromatic N) is 3. The monoisotopic (exact) mass is 329 g/mol. The highest BCUT2D eigenvalue weighted by Crippen LogP contribution is 2.13. The van der Waals surface area contributed by atoms with Crippen LogP contribution in [0.1, 0.15) is 18.7 Å². The topological polar surface area (TPSA) is 166 Å². The second-order valence-electron chi connectivity index (χ2n) is 4.28. The molecule has 126 valence electrons. The van der Waals surface area contributed by atoms with E-state index in [0.717, 1.165) is 6.20 Å². The molecule has 0 aliphatic carbocycles. The summed E-state index contributed by atoms with van der Waals surface area (Å²) in [5.41, 5.74) is 1.20. The number of hydroxylamine groups is 1. The van der Waals surface area contributed by atoms with Gasteiger partial charge in [0.25, 0.3) is 0 Å². The van der Waals surface area contributed by atoms with Crippen molar-refractivity contribution in [2.24, 2.45) is 0 Å². The highest BCUT2D eigenvalue weighted by atomic mass is 16.6. The first-order chi connectivity index (χ1) is 10.8. The lowest BCUT2D eigenvalue weighted by Gasteiger charge is -2.05. The first kappa shape index (κ1) is 18.0. The largest absolute Gasteiger partial charge is 0.461 e. The zero-order chi connectivity index (χ0) is 17.4. The first-order valence-corrected chi connectivity index (χ1v) is 6.41. The van der Waals surface area contributed by atoms with Crippen molar-refractivity contribution in [3.05, 3.63) is 22.1 Å². The molecule has 3 amide bonds. The van der Waals surface area contributed by atoms with Gasteiger partial charge in [0.05, 0.1) is 6.42 Å². The lowest BCUT2D eigenvalue weighted by atomic mass is 10.3. The number of nitrogens with one attached hydrogen (secondary N) is 2. The second-order valence-corrected chi connectivity index (χ2v) is 4.28. The van der Waals surface area contributed by atoms with Crippen molar-refractivity contribution >= 4 is 23.7 Å². The Morgan fingerprint density at radius 1 is 1.43 bits per heavy atom. The van der Waals surface area contributed by atoms with Gasteiger partial charge in [0.15, 0.2) is 5.82 Å². The summed E-state index contributed by atoms with van der Waals surface area (Å²) in [6.07, 6.45) is 0.514. The van der Waals surface area contributed by atoms with Gasteiger partial charge >= 0.3 is 17.8 Å². The van der Waals surface area contributed by atoms with E-state index in [2.05, 4.69) is 4.98 Å². The number of rotatable bonds is 7. The molecule has 23 heavy (non-hydrogen) atoms. The van der Waals surface area contributed by atoms with E-state index in [1.807, 2.05) is 0 Å². The Hall–Kier alpha value is -3.02. The van der Waals surface area contributed by atoms with Crippen LogP contribution in [0.25, 0.3) is 0 Å². The van der Waals surface area contributed by atoms with Gasteiger partial charge in [0.2, 0.25) is 5.91 Å². The normalized spacial score (nSPS) is 10.0. The fraction of sp³-hybridized carbons (Fsp3) is 0.455. The van der Waals surface area contributed by atoms with Crippen LogP contribution < -0.4 is 10.8 Å². The number of amides is 3. The molecule has 0 aromatic carbocycles. The smallest absolute Gasteiger partial charge is 0.345 e. The Balaban J connectivity index is 2.35. The van der Waals surface area contributed by atoms with Crippen molar-refractivity contribution in [3.63, 3.8) is 0 Å². The lowest BCUT2D eigenvalue weighted by molar-refractivity contribution is -0.392. The molecule has 0 radical (unpaired) electrons. The van der Waals surface area contributed by atoms with E-state index in [1.54, 1.807) is 12.2 Å². The minimum Gasteiger partial charge on any atom is -0.461 e. The Morgan fingerprint density at radius 2 is 2.13 bits per heavy atom. The molecule has 1 aromatic heterocycles. The summed E-state index contributed by atoms with van der Waals surface area (Å²) in [7, 11) is 0. The molecular formula is C11H15N5O7. The second kappa shape index (κ2) is 8.43. The van der Waals surface area contributed by atoms with E-state index < -0.39 is 22.8 Å². The van der Waals surface area contributed by atoms with E-state index in [1.165, 1.54) is 10.0 Å². The number of imidazole rings is 1. The summed E-state index contributed by atoms with van der Waals surface area (Å²) in [5.74, 6) is -1.28. The number of ether oxygens (including phenoxy) is 1. The summed E-state index contributed by atoms with van der Waals surface area (Å²) in [6.45, 7) is 1.49. The molecular weight excluding hydrogens is 314 g/mol. The predicted octanol–water partition coefficient (Wildman–Crippen LogP) is -0.362. The fourth-order valence-corrected chi connectivity index (χ4v) is 1.63. The number of hydrogen-bond donors (Lipinski definition) is 3. The number of urea groups is 1. The van der Waals surface area contributed by atoms with E-state index in [9.17, 15) is 24.5 Å². The van der Waals surface area contributed by atoms with E-state index in [0.29, 0.717) is 5.82 Å². The van der Waals surface area contributed by atoms with Crippen molar-refractivity contribution in [1.82, 2.24) is 20.3 Å². The van der Waals surface area contributed by atoms with Crippen LogP contribution in [0, 0.1) is 17.0 Å². The third-order valence-corrected chi connectivity index (χ3v) is 2.71. The molecule has 0 fully saturated rings. The minimum absolute atomic E-state index is 0.0486. The Labute approximate surface area is 129 Å². The quantitative estimate of drug-likeness (QED) is 0.264. The molecule has 0 aliphatic rings. The zero-order valence-electron chi connectivity index (χ0n) is 12.1. The van der Waals surface area contributed by atoms with Gasteiger partial charge in [0.1, 0.15) is 19.3 Å². The van der Waals surface area contributed by atoms with Crippen LogP contribution in [0.5, 0.6) is 0 Å². The number of carbonyl (C=O) groups excluding carboxylic acids is 3. The fourth-order valence-electron chi connectivity index (χ4n) is 1.63. The minimum atomic E-state index is -1.11.